The quantitative estimate of drug-likeness (QED) is 0.525. The van der Waals surface area contributed by atoms with Crippen LogP contribution in [0, 0.1) is 0 Å². The van der Waals surface area contributed by atoms with Crippen molar-refractivity contribution in [2.45, 2.75) is 20.3 Å². The van der Waals surface area contributed by atoms with Gasteiger partial charge in [0.15, 0.2) is 0 Å². The summed E-state index contributed by atoms with van der Waals surface area (Å²) in [5.41, 5.74) is 0. The fourth-order valence-corrected chi connectivity index (χ4v) is 0.415. The SMILES string of the molecule is CCOC(=O)CC(C)=O.[In]. The molecule has 0 atom stereocenters. The molecule has 0 unspecified atom stereocenters. The number of Topliss-reactive ketones (excluding diaryl/α,β-unsaturated/α-hetero) is 1. The zero-order chi connectivity index (χ0) is 7.28. The first kappa shape index (κ1) is 12.7. The molecule has 0 saturated carbocycles. The standard InChI is InChI=1S/C6H10O3.In/c1-3-9-6(8)4-5(2)7;/h3-4H2,1-2H3;. The van der Waals surface area contributed by atoms with Gasteiger partial charge in [-0.1, -0.05) is 0 Å². The molecule has 4 heteroatoms. The molecule has 0 saturated heterocycles. The van der Waals surface area contributed by atoms with Gasteiger partial charge in [0.05, 0.1) is 6.61 Å². The third-order valence-electron chi connectivity index (χ3n) is 0.699. The molecule has 0 aliphatic heterocycles. The Kier molecular flexibility index (Phi) is 9.02. The molecule has 0 spiro atoms. The Balaban J connectivity index is 0. The van der Waals surface area contributed by atoms with Crippen LogP contribution in [0.4, 0.5) is 0 Å². The molecule has 0 aromatic carbocycles. The van der Waals surface area contributed by atoms with E-state index in [0.29, 0.717) is 6.61 Å². The number of hydrogen-bond acceptors (Lipinski definition) is 3. The molecular formula is C6H10InO3. The van der Waals surface area contributed by atoms with Gasteiger partial charge in [0.1, 0.15) is 12.2 Å². The molecule has 0 heterocycles. The average molecular weight is 245 g/mol. The summed E-state index contributed by atoms with van der Waals surface area (Å²) >= 11 is 0. The molecular weight excluding hydrogens is 235 g/mol. The Morgan fingerprint density at radius 3 is 2.20 bits per heavy atom. The second-order valence-corrected chi connectivity index (χ2v) is 1.68. The van der Waals surface area contributed by atoms with Crippen molar-refractivity contribution in [3.63, 3.8) is 0 Å². The maximum Gasteiger partial charge on any atom is 0.313 e. The Morgan fingerprint density at radius 2 is 1.90 bits per heavy atom. The maximum absolute atomic E-state index is 10.4. The van der Waals surface area contributed by atoms with Crippen LogP contribution in [0.1, 0.15) is 20.3 Å². The number of rotatable bonds is 3. The second-order valence-electron chi connectivity index (χ2n) is 1.68. The second kappa shape index (κ2) is 7.12. The Bertz CT molecular complexity index is 122. The van der Waals surface area contributed by atoms with E-state index in [4.69, 9.17) is 0 Å². The van der Waals surface area contributed by atoms with Gasteiger partial charge < -0.3 is 4.74 Å². The smallest absolute Gasteiger partial charge is 0.313 e. The Morgan fingerprint density at radius 1 is 1.40 bits per heavy atom. The van der Waals surface area contributed by atoms with Crippen molar-refractivity contribution in [1.29, 1.82) is 0 Å². The topological polar surface area (TPSA) is 43.4 Å². The van der Waals surface area contributed by atoms with Crippen LogP contribution in [0.25, 0.3) is 0 Å². The third-order valence-corrected chi connectivity index (χ3v) is 0.699. The number of carbonyl (C=O) groups excluding carboxylic acids is 2. The average Bonchev–Trinajstić information content (AvgIpc) is 1.63. The Labute approximate surface area is 78.9 Å². The summed E-state index contributed by atoms with van der Waals surface area (Å²) < 4.78 is 4.49. The minimum Gasteiger partial charge on any atom is -0.466 e. The van der Waals surface area contributed by atoms with Crippen molar-refractivity contribution >= 4 is 37.6 Å². The van der Waals surface area contributed by atoms with Gasteiger partial charge in [0, 0.05) is 25.8 Å². The first-order valence-corrected chi connectivity index (χ1v) is 2.82. The molecule has 3 radical (unpaired) electrons. The summed E-state index contributed by atoms with van der Waals surface area (Å²) in [6.45, 7) is 3.40. The van der Waals surface area contributed by atoms with Crippen LogP contribution in [-0.4, -0.2) is 44.2 Å². The van der Waals surface area contributed by atoms with E-state index >= 15 is 0 Å². The molecule has 0 aromatic heterocycles. The fourth-order valence-electron chi connectivity index (χ4n) is 0.415. The first-order valence-electron chi connectivity index (χ1n) is 2.82. The van der Waals surface area contributed by atoms with E-state index in [2.05, 4.69) is 4.74 Å². The van der Waals surface area contributed by atoms with Crippen LogP contribution in [0.2, 0.25) is 0 Å². The van der Waals surface area contributed by atoms with Gasteiger partial charge in [0.25, 0.3) is 0 Å². The summed E-state index contributed by atoms with van der Waals surface area (Å²) in [6.07, 6.45) is -0.103. The molecule has 0 N–H and O–H groups in total. The molecule has 0 amide bonds. The van der Waals surface area contributed by atoms with Crippen LogP contribution in [0.3, 0.4) is 0 Å². The third kappa shape index (κ3) is 8.01. The van der Waals surface area contributed by atoms with E-state index in [9.17, 15) is 9.59 Å². The number of carbonyl (C=O) groups is 2. The van der Waals surface area contributed by atoms with E-state index < -0.39 is 5.97 Å². The van der Waals surface area contributed by atoms with Crippen molar-refractivity contribution in [1.82, 2.24) is 0 Å². The van der Waals surface area contributed by atoms with Crippen LogP contribution >= 0.6 is 0 Å². The Hall–Kier alpha value is 0.0101. The molecule has 10 heavy (non-hydrogen) atoms. The molecule has 0 bridgehead atoms. The van der Waals surface area contributed by atoms with Gasteiger partial charge in [-0.2, -0.15) is 0 Å². The fraction of sp³-hybridized carbons (Fsp3) is 0.667. The van der Waals surface area contributed by atoms with E-state index in [1.807, 2.05) is 0 Å². The van der Waals surface area contributed by atoms with Crippen LogP contribution < -0.4 is 0 Å². The van der Waals surface area contributed by atoms with Crippen molar-refractivity contribution in [3.8, 4) is 0 Å². The zero-order valence-corrected chi connectivity index (χ0v) is 9.51. The predicted molar refractivity (Wildman–Crippen MR) is 37.7 cm³/mol. The van der Waals surface area contributed by atoms with E-state index in [0.717, 1.165) is 0 Å². The predicted octanol–water partition coefficient (Wildman–Crippen LogP) is 0.148. The van der Waals surface area contributed by atoms with Gasteiger partial charge >= 0.3 is 5.97 Å². The summed E-state index contributed by atoms with van der Waals surface area (Å²) in [6, 6.07) is 0. The number of hydrogen-bond donors (Lipinski definition) is 0. The normalized spacial score (nSPS) is 7.80. The largest absolute Gasteiger partial charge is 0.466 e. The molecule has 0 aliphatic carbocycles. The molecule has 0 rings (SSSR count). The summed E-state index contributed by atoms with van der Waals surface area (Å²) in [4.78, 5) is 20.6. The minimum atomic E-state index is -0.440. The van der Waals surface area contributed by atoms with E-state index in [1.165, 1.54) is 6.92 Å². The summed E-state index contributed by atoms with van der Waals surface area (Å²) in [5, 5.41) is 0. The minimum absolute atomic E-state index is 0. The van der Waals surface area contributed by atoms with Crippen molar-refractivity contribution < 1.29 is 14.3 Å². The van der Waals surface area contributed by atoms with Gasteiger partial charge in [-0.3, -0.25) is 9.59 Å². The number of ether oxygens (including phenoxy) is 1. The van der Waals surface area contributed by atoms with Gasteiger partial charge in [0.2, 0.25) is 0 Å². The molecule has 0 aliphatic rings. The number of ketones is 1. The first-order chi connectivity index (χ1) is 4.16. The van der Waals surface area contributed by atoms with Crippen molar-refractivity contribution in [2.24, 2.45) is 0 Å². The monoisotopic (exact) mass is 245 g/mol. The molecule has 0 fully saturated rings. The molecule has 0 aromatic rings. The van der Waals surface area contributed by atoms with Gasteiger partial charge in [-0.05, 0) is 13.8 Å². The van der Waals surface area contributed by atoms with Crippen molar-refractivity contribution in [3.05, 3.63) is 0 Å². The molecule has 55 valence electrons. The maximum atomic E-state index is 10.4. The van der Waals surface area contributed by atoms with Crippen LogP contribution in [0.15, 0.2) is 0 Å². The van der Waals surface area contributed by atoms with Gasteiger partial charge in [-0.25, -0.2) is 0 Å². The van der Waals surface area contributed by atoms with E-state index in [1.54, 1.807) is 6.92 Å². The summed E-state index contributed by atoms with van der Waals surface area (Å²) in [5.74, 6) is -0.599. The zero-order valence-electron chi connectivity index (χ0n) is 6.22. The van der Waals surface area contributed by atoms with Crippen LogP contribution in [-0.2, 0) is 14.3 Å². The van der Waals surface area contributed by atoms with Crippen LogP contribution in [0.5, 0.6) is 0 Å². The van der Waals surface area contributed by atoms with Crippen molar-refractivity contribution in [2.75, 3.05) is 6.61 Å². The number of esters is 1. The molecule has 3 nitrogen and oxygen atoms in total. The van der Waals surface area contributed by atoms with Gasteiger partial charge in [-0.15, -0.1) is 0 Å². The summed E-state index contributed by atoms with van der Waals surface area (Å²) in [7, 11) is 0. The van der Waals surface area contributed by atoms with E-state index in [-0.39, 0.29) is 38.0 Å².